The monoisotopic (exact) mass is 866 g/mol. The van der Waals surface area contributed by atoms with Crippen molar-refractivity contribution in [1.29, 1.82) is 0 Å². The smallest absolute Gasteiger partial charge is 0.212 e. The van der Waals surface area contributed by atoms with Gasteiger partial charge in [0.2, 0.25) is 11.4 Å². The van der Waals surface area contributed by atoms with Crippen molar-refractivity contribution in [3.63, 3.8) is 0 Å². The molecule has 4 aromatic heterocycles. The molecule has 0 amide bonds. The van der Waals surface area contributed by atoms with Crippen molar-refractivity contribution >= 4 is 0 Å². The van der Waals surface area contributed by atoms with E-state index in [1.807, 2.05) is 12.1 Å². The number of hydrogen-bond acceptors (Lipinski definition) is 2. The Hall–Kier alpha value is -6.59. The molecule has 0 aliphatic heterocycles. The molecule has 2 saturated carbocycles. The minimum Gasteiger partial charge on any atom is -0.257 e. The SMILES string of the molecule is Cc1ccc(-c2ccc(-c3cc4c(cc3C)-c3ccc(C)nc3C43CCCC3)[n+](C)c2)cc1.Cc1ccc2c(n1)C1(CCCC1)c1cc(-c3ccc(-c4ccc(F)cc4)c[n+]3C)c(C)cc1-2. The maximum Gasteiger partial charge on any atom is 0.212 e. The number of benzene rings is 4. The van der Waals surface area contributed by atoms with Gasteiger partial charge in [-0.25, -0.2) is 13.5 Å². The van der Waals surface area contributed by atoms with Gasteiger partial charge in [-0.2, -0.15) is 0 Å². The Morgan fingerprint density at radius 3 is 1.23 bits per heavy atom. The second-order valence-corrected chi connectivity index (χ2v) is 19.9. The number of aromatic nitrogens is 4. The molecule has 12 rings (SSSR count). The molecule has 4 aromatic carbocycles. The Labute approximate surface area is 389 Å². The van der Waals surface area contributed by atoms with Crippen molar-refractivity contribution in [2.45, 2.75) is 96.8 Å². The summed E-state index contributed by atoms with van der Waals surface area (Å²) in [6.45, 7) is 10.8. The van der Waals surface area contributed by atoms with Crippen molar-refractivity contribution in [3.05, 3.63) is 190 Å². The van der Waals surface area contributed by atoms with Gasteiger partial charge in [-0.15, -0.1) is 0 Å². The molecule has 2 fully saturated rings. The van der Waals surface area contributed by atoms with Gasteiger partial charge in [-0.3, -0.25) is 9.97 Å². The number of halogens is 1. The molecule has 328 valence electrons. The highest BCUT2D eigenvalue weighted by Gasteiger charge is 2.48. The van der Waals surface area contributed by atoms with E-state index in [4.69, 9.17) is 9.97 Å². The Morgan fingerprint density at radius 1 is 0.424 bits per heavy atom. The third-order valence-corrected chi connectivity index (χ3v) is 15.6. The first-order chi connectivity index (χ1) is 31.9. The molecule has 2 spiro atoms. The van der Waals surface area contributed by atoms with E-state index in [0.29, 0.717) is 0 Å². The van der Waals surface area contributed by atoms with E-state index < -0.39 is 0 Å². The second-order valence-electron chi connectivity index (χ2n) is 19.9. The zero-order valence-electron chi connectivity index (χ0n) is 39.5. The minimum absolute atomic E-state index is 0.0613. The summed E-state index contributed by atoms with van der Waals surface area (Å²) in [5.74, 6) is -0.208. The van der Waals surface area contributed by atoms with E-state index in [-0.39, 0.29) is 16.6 Å². The summed E-state index contributed by atoms with van der Waals surface area (Å²) in [5.41, 5.74) is 27.0. The third kappa shape index (κ3) is 6.84. The lowest BCUT2D eigenvalue weighted by atomic mass is 9.78. The summed E-state index contributed by atoms with van der Waals surface area (Å²) in [6, 6.07) is 43.0. The zero-order valence-corrected chi connectivity index (χ0v) is 39.5. The first-order valence-corrected chi connectivity index (χ1v) is 24.0. The molecule has 5 heteroatoms. The lowest BCUT2D eigenvalue weighted by Crippen LogP contribution is -2.31. The van der Waals surface area contributed by atoms with Crippen LogP contribution in [0, 0.1) is 40.4 Å². The summed E-state index contributed by atoms with van der Waals surface area (Å²) in [6.07, 6.45) is 14.3. The number of pyridine rings is 4. The maximum atomic E-state index is 13.4. The maximum absolute atomic E-state index is 13.4. The number of fused-ring (bicyclic) bond motifs is 10. The molecule has 0 saturated heterocycles. The van der Waals surface area contributed by atoms with Gasteiger partial charge in [0.1, 0.15) is 19.9 Å². The van der Waals surface area contributed by atoms with E-state index >= 15 is 0 Å². The topological polar surface area (TPSA) is 33.5 Å². The van der Waals surface area contributed by atoms with E-state index in [0.717, 1.165) is 22.5 Å². The Bertz CT molecular complexity index is 3000. The summed E-state index contributed by atoms with van der Waals surface area (Å²) < 4.78 is 17.8. The van der Waals surface area contributed by atoms with Gasteiger partial charge < -0.3 is 0 Å². The van der Waals surface area contributed by atoms with Crippen molar-refractivity contribution in [2.75, 3.05) is 0 Å². The van der Waals surface area contributed by atoms with Gasteiger partial charge in [0.25, 0.3) is 0 Å². The first kappa shape index (κ1) is 42.1. The van der Waals surface area contributed by atoms with Crippen molar-refractivity contribution in [2.24, 2.45) is 14.1 Å². The highest BCUT2D eigenvalue weighted by Crippen LogP contribution is 2.58. The third-order valence-electron chi connectivity index (χ3n) is 15.6. The van der Waals surface area contributed by atoms with Crippen LogP contribution >= 0.6 is 0 Å². The molecular formula is C61H59FN4+2. The van der Waals surface area contributed by atoms with Gasteiger partial charge >= 0.3 is 0 Å². The lowest BCUT2D eigenvalue weighted by Gasteiger charge is -2.26. The molecule has 0 atom stereocenters. The average molecular weight is 867 g/mol. The standard InChI is InChI=1S/C31H31N2.C30H28FN2/c1-20-7-10-23(11-8-20)24-12-14-29(33(4)19-24)26-18-28-27(17-21(26)2)25-13-9-22(3)32-30(25)31(28)15-5-6-16-31;1-19-16-26-24-12-6-20(2)32-29(24)30(14-4-5-15-30)27(26)17-25(19)28-13-9-22(18-33(28)3)21-7-10-23(31)11-8-21/h7-14,17-19H,5-6,15-16H2,1-4H3;6-13,16-18H,4-5,14-15H2,1-3H3/q2*+1. The van der Waals surface area contributed by atoms with Crippen LogP contribution in [0.15, 0.2) is 134 Å². The predicted octanol–water partition coefficient (Wildman–Crippen LogP) is 13.8. The van der Waals surface area contributed by atoms with Gasteiger partial charge in [0.15, 0.2) is 12.4 Å². The predicted molar refractivity (Wildman–Crippen MR) is 266 cm³/mol. The van der Waals surface area contributed by atoms with Crippen LogP contribution in [0.5, 0.6) is 0 Å². The molecule has 0 radical (unpaired) electrons. The average Bonchev–Trinajstić information content (AvgIpc) is 4.11. The number of nitrogens with zero attached hydrogens (tertiary/aromatic N) is 4. The van der Waals surface area contributed by atoms with Crippen LogP contribution in [0.1, 0.15) is 102 Å². The summed E-state index contributed by atoms with van der Waals surface area (Å²) >= 11 is 0. The molecule has 4 heterocycles. The van der Waals surface area contributed by atoms with Crippen LogP contribution in [0.4, 0.5) is 4.39 Å². The van der Waals surface area contributed by atoms with Crippen LogP contribution < -0.4 is 9.13 Å². The molecule has 8 aromatic rings. The molecule has 0 unspecified atom stereocenters. The number of aryl methyl sites for hydroxylation is 7. The molecule has 4 aliphatic carbocycles. The largest absolute Gasteiger partial charge is 0.257 e. The molecular weight excluding hydrogens is 808 g/mol. The van der Waals surface area contributed by atoms with E-state index in [9.17, 15) is 4.39 Å². The van der Waals surface area contributed by atoms with Gasteiger partial charge in [-0.05, 0) is 153 Å². The molecule has 66 heavy (non-hydrogen) atoms. The Morgan fingerprint density at radius 2 is 0.818 bits per heavy atom. The van der Waals surface area contributed by atoms with Crippen molar-refractivity contribution < 1.29 is 13.5 Å². The van der Waals surface area contributed by atoms with Crippen molar-refractivity contribution in [1.82, 2.24) is 9.97 Å². The van der Waals surface area contributed by atoms with Gasteiger partial charge in [0.05, 0.1) is 11.4 Å². The van der Waals surface area contributed by atoms with Crippen LogP contribution in [0.3, 0.4) is 0 Å². The van der Waals surface area contributed by atoms with E-state index in [1.165, 1.54) is 159 Å². The van der Waals surface area contributed by atoms with Crippen molar-refractivity contribution in [3.8, 4) is 67.0 Å². The summed E-state index contributed by atoms with van der Waals surface area (Å²) in [4.78, 5) is 10.2. The molecule has 4 aliphatic rings. The Balaban J connectivity index is 0.000000146. The van der Waals surface area contributed by atoms with E-state index in [2.05, 4.69) is 167 Å². The van der Waals surface area contributed by atoms with Crippen LogP contribution in [-0.2, 0) is 24.9 Å². The van der Waals surface area contributed by atoms with Crippen LogP contribution in [0.2, 0.25) is 0 Å². The quantitative estimate of drug-likeness (QED) is 0.165. The molecule has 4 nitrogen and oxygen atoms in total. The molecule has 0 N–H and O–H groups in total. The summed E-state index contributed by atoms with van der Waals surface area (Å²) in [5, 5.41) is 0. The van der Waals surface area contributed by atoms with E-state index in [1.54, 1.807) is 0 Å². The fraction of sp³-hybridized carbons (Fsp3) is 0.279. The number of hydrogen-bond donors (Lipinski definition) is 0. The lowest BCUT2D eigenvalue weighted by molar-refractivity contribution is -0.660. The number of rotatable bonds is 4. The van der Waals surface area contributed by atoms with Crippen LogP contribution in [-0.4, -0.2) is 9.97 Å². The fourth-order valence-electron chi connectivity index (χ4n) is 12.2. The van der Waals surface area contributed by atoms with Gasteiger partial charge in [0, 0.05) is 67.7 Å². The Kier molecular flexibility index (Phi) is 10.3. The van der Waals surface area contributed by atoms with Gasteiger partial charge in [-0.1, -0.05) is 91.9 Å². The second kappa shape index (κ2) is 16.1. The highest BCUT2D eigenvalue weighted by molar-refractivity contribution is 5.85. The fourth-order valence-corrected chi connectivity index (χ4v) is 12.2. The normalized spacial score (nSPS) is 15.6. The minimum atomic E-state index is -0.208. The first-order valence-electron chi connectivity index (χ1n) is 24.0. The highest BCUT2D eigenvalue weighted by atomic mass is 19.1. The molecule has 0 bridgehead atoms. The zero-order chi connectivity index (χ0) is 45.5. The van der Waals surface area contributed by atoms with Crippen LogP contribution in [0.25, 0.3) is 67.0 Å². The summed E-state index contributed by atoms with van der Waals surface area (Å²) in [7, 11) is 4.27.